The van der Waals surface area contributed by atoms with Gasteiger partial charge >= 0.3 is 10.9 Å². The summed E-state index contributed by atoms with van der Waals surface area (Å²) in [7, 11) is 0. The van der Waals surface area contributed by atoms with Crippen molar-refractivity contribution >= 4 is 34.1 Å². The molecule has 0 amide bonds. The summed E-state index contributed by atoms with van der Waals surface area (Å²) in [6.45, 7) is 0. The Balaban J connectivity index is 1.90. The SMILES string of the molecule is O=C(Cl)Oc1ccc(C(Cc2ccccc2)c2ccc(OC(=O)Cl)cc2)cc1. The van der Waals surface area contributed by atoms with E-state index >= 15 is 0 Å². The molecule has 0 aliphatic rings. The fourth-order valence-corrected chi connectivity index (χ4v) is 3.18. The second-order valence-electron chi connectivity index (χ2n) is 6.06. The van der Waals surface area contributed by atoms with Gasteiger partial charge < -0.3 is 9.47 Å². The highest BCUT2D eigenvalue weighted by molar-refractivity contribution is 6.61. The summed E-state index contributed by atoms with van der Waals surface area (Å²) in [4.78, 5) is 21.8. The highest BCUT2D eigenvalue weighted by Gasteiger charge is 2.16. The van der Waals surface area contributed by atoms with E-state index in [4.69, 9.17) is 32.7 Å². The van der Waals surface area contributed by atoms with Crippen LogP contribution < -0.4 is 9.47 Å². The van der Waals surface area contributed by atoms with Gasteiger partial charge in [-0.2, -0.15) is 0 Å². The van der Waals surface area contributed by atoms with Gasteiger partial charge in [-0.15, -0.1) is 0 Å². The fourth-order valence-electron chi connectivity index (χ4n) is 3.00. The molecule has 0 spiro atoms. The molecule has 0 bridgehead atoms. The van der Waals surface area contributed by atoms with Gasteiger partial charge in [0, 0.05) is 29.1 Å². The molecule has 4 nitrogen and oxygen atoms in total. The minimum absolute atomic E-state index is 0.0453. The monoisotopic (exact) mass is 414 g/mol. The van der Waals surface area contributed by atoms with Gasteiger partial charge in [0.25, 0.3) is 0 Å². The average molecular weight is 415 g/mol. The second kappa shape index (κ2) is 9.40. The molecule has 0 aliphatic carbocycles. The third kappa shape index (κ3) is 5.59. The van der Waals surface area contributed by atoms with Gasteiger partial charge in [-0.1, -0.05) is 54.6 Å². The Hall–Kier alpha value is -2.82. The van der Waals surface area contributed by atoms with E-state index in [2.05, 4.69) is 12.1 Å². The van der Waals surface area contributed by atoms with Gasteiger partial charge in [0.1, 0.15) is 11.5 Å². The number of hydrogen-bond donors (Lipinski definition) is 0. The zero-order valence-corrected chi connectivity index (χ0v) is 16.2. The third-order valence-electron chi connectivity index (χ3n) is 4.24. The number of halogens is 2. The molecular formula is C22H16Cl2O4. The van der Waals surface area contributed by atoms with Crippen molar-refractivity contribution in [1.29, 1.82) is 0 Å². The lowest BCUT2D eigenvalue weighted by atomic mass is 9.86. The Kier molecular flexibility index (Phi) is 6.69. The first-order valence-electron chi connectivity index (χ1n) is 8.50. The summed E-state index contributed by atoms with van der Waals surface area (Å²) in [5.41, 5.74) is 1.51. The molecule has 3 rings (SSSR count). The smallest absolute Gasteiger partial charge is 0.409 e. The predicted octanol–water partition coefficient (Wildman–Crippen LogP) is 6.54. The third-order valence-corrected chi connectivity index (χ3v) is 4.40. The Morgan fingerprint density at radius 1 is 0.679 bits per heavy atom. The molecule has 142 valence electrons. The molecule has 0 aliphatic heterocycles. The van der Waals surface area contributed by atoms with Crippen molar-refractivity contribution in [2.45, 2.75) is 12.3 Å². The molecule has 0 unspecified atom stereocenters. The maximum atomic E-state index is 10.9. The molecule has 28 heavy (non-hydrogen) atoms. The van der Waals surface area contributed by atoms with E-state index in [0.717, 1.165) is 17.5 Å². The predicted molar refractivity (Wildman–Crippen MR) is 109 cm³/mol. The van der Waals surface area contributed by atoms with Crippen molar-refractivity contribution in [3.8, 4) is 11.5 Å². The summed E-state index contributed by atoms with van der Waals surface area (Å²) in [5.74, 6) is 0.807. The number of carbonyl (C=O) groups excluding carboxylic acids is 2. The summed E-state index contributed by atoms with van der Waals surface area (Å²) in [6, 6.07) is 24.5. The fraction of sp³-hybridized carbons (Fsp3) is 0.0909. The van der Waals surface area contributed by atoms with Crippen LogP contribution in [0.1, 0.15) is 22.6 Å². The Labute approximate surface area is 172 Å². The van der Waals surface area contributed by atoms with E-state index in [-0.39, 0.29) is 5.92 Å². The van der Waals surface area contributed by atoms with Crippen LogP contribution in [0.2, 0.25) is 0 Å². The summed E-state index contributed by atoms with van der Waals surface area (Å²) in [6.07, 6.45) is 0.768. The first-order valence-corrected chi connectivity index (χ1v) is 9.25. The first kappa shape index (κ1) is 19.9. The van der Waals surface area contributed by atoms with Crippen molar-refractivity contribution in [3.63, 3.8) is 0 Å². The molecular weight excluding hydrogens is 399 g/mol. The van der Waals surface area contributed by atoms with Crippen LogP contribution >= 0.6 is 23.2 Å². The van der Waals surface area contributed by atoms with Crippen molar-refractivity contribution in [2.75, 3.05) is 0 Å². The molecule has 0 fully saturated rings. The molecule has 3 aromatic carbocycles. The lowest BCUT2D eigenvalue weighted by molar-refractivity contribution is 0.224. The molecule has 3 aromatic rings. The molecule has 0 aromatic heterocycles. The van der Waals surface area contributed by atoms with Crippen molar-refractivity contribution in [2.24, 2.45) is 0 Å². The average Bonchev–Trinajstić information content (AvgIpc) is 2.68. The number of benzene rings is 3. The minimum atomic E-state index is -0.877. The van der Waals surface area contributed by atoms with Crippen LogP contribution in [0.3, 0.4) is 0 Å². The van der Waals surface area contributed by atoms with Gasteiger partial charge in [0.05, 0.1) is 0 Å². The Morgan fingerprint density at radius 2 is 1.11 bits per heavy atom. The zero-order chi connectivity index (χ0) is 19.9. The zero-order valence-electron chi connectivity index (χ0n) is 14.7. The molecule has 0 heterocycles. The number of hydrogen-bond acceptors (Lipinski definition) is 4. The topological polar surface area (TPSA) is 52.6 Å². The van der Waals surface area contributed by atoms with Gasteiger partial charge in [-0.05, 0) is 47.4 Å². The molecule has 6 heteroatoms. The lowest BCUT2D eigenvalue weighted by Gasteiger charge is -2.19. The summed E-state index contributed by atoms with van der Waals surface area (Å²) < 4.78 is 9.78. The van der Waals surface area contributed by atoms with Crippen LogP contribution in [0.4, 0.5) is 9.59 Å². The first-order chi connectivity index (χ1) is 13.5. The van der Waals surface area contributed by atoms with E-state index in [9.17, 15) is 9.59 Å². The van der Waals surface area contributed by atoms with Gasteiger partial charge in [-0.3, -0.25) is 0 Å². The number of rotatable bonds is 6. The summed E-state index contributed by atoms with van der Waals surface area (Å²) in [5, 5.41) is 0. The van der Waals surface area contributed by atoms with Crippen molar-refractivity contribution < 1.29 is 19.1 Å². The normalized spacial score (nSPS) is 10.5. The van der Waals surface area contributed by atoms with Crippen molar-refractivity contribution in [1.82, 2.24) is 0 Å². The molecule has 0 N–H and O–H groups in total. The van der Waals surface area contributed by atoms with Crippen LogP contribution in [0.15, 0.2) is 78.9 Å². The highest BCUT2D eigenvalue weighted by Crippen LogP contribution is 2.31. The van der Waals surface area contributed by atoms with E-state index in [1.54, 1.807) is 24.3 Å². The Bertz CT molecular complexity index is 879. The molecule has 0 radical (unpaired) electrons. The Morgan fingerprint density at radius 3 is 1.50 bits per heavy atom. The van der Waals surface area contributed by atoms with Crippen LogP contribution in [0.25, 0.3) is 0 Å². The standard InChI is InChI=1S/C22H16Cl2O4/c23-21(25)27-18-10-6-16(7-11-18)20(14-15-4-2-1-3-5-15)17-8-12-19(13-9-17)28-22(24)26/h1-13,20H,14H2. The quantitative estimate of drug-likeness (QED) is 0.429. The largest absolute Gasteiger partial charge is 0.415 e. The highest BCUT2D eigenvalue weighted by atomic mass is 35.5. The number of ether oxygens (including phenoxy) is 2. The molecule has 0 saturated heterocycles. The van der Waals surface area contributed by atoms with Gasteiger partial charge in [0.2, 0.25) is 0 Å². The van der Waals surface area contributed by atoms with Crippen LogP contribution in [-0.4, -0.2) is 10.9 Å². The maximum absolute atomic E-state index is 10.9. The van der Waals surface area contributed by atoms with E-state index < -0.39 is 10.9 Å². The van der Waals surface area contributed by atoms with Gasteiger partial charge in [0.15, 0.2) is 0 Å². The van der Waals surface area contributed by atoms with Gasteiger partial charge in [-0.25, -0.2) is 9.59 Å². The minimum Gasteiger partial charge on any atom is -0.415 e. The van der Waals surface area contributed by atoms with Crippen molar-refractivity contribution in [3.05, 3.63) is 95.6 Å². The molecule has 0 saturated carbocycles. The molecule has 0 atom stereocenters. The van der Waals surface area contributed by atoms with E-state index in [1.807, 2.05) is 42.5 Å². The second-order valence-corrected chi connectivity index (χ2v) is 6.68. The van der Waals surface area contributed by atoms with Crippen LogP contribution in [-0.2, 0) is 6.42 Å². The summed E-state index contributed by atoms with van der Waals surface area (Å²) >= 11 is 10.5. The van der Waals surface area contributed by atoms with Crippen LogP contribution in [0, 0.1) is 0 Å². The maximum Gasteiger partial charge on any atom is 0.409 e. The van der Waals surface area contributed by atoms with Crippen LogP contribution in [0.5, 0.6) is 11.5 Å². The van der Waals surface area contributed by atoms with E-state index in [0.29, 0.717) is 11.5 Å². The number of carbonyl (C=O) groups is 2. The lowest BCUT2D eigenvalue weighted by Crippen LogP contribution is -2.06. The van der Waals surface area contributed by atoms with E-state index in [1.165, 1.54) is 5.56 Å².